The molecule has 1 aromatic rings. The number of benzene rings is 1. The molecule has 0 saturated heterocycles. The van der Waals surface area contributed by atoms with Crippen molar-refractivity contribution in [2.75, 3.05) is 32.1 Å². The average molecular weight is 305 g/mol. The highest BCUT2D eigenvalue weighted by Gasteiger charge is 2.33. The fraction of sp³-hybridized carbons (Fsp3) is 0.588. The highest BCUT2D eigenvalue weighted by atomic mass is 16.5. The van der Waals surface area contributed by atoms with E-state index >= 15 is 0 Å². The van der Waals surface area contributed by atoms with Crippen LogP contribution < -0.4 is 15.4 Å². The van der Waals surface area contributed by atoms with E-state index in [1.807, 2.05) is 51.0 Å². The van der Waals surface area contributed by atoms with E-state index in [-0.39, 0.29) is 18.1 Å². The lowest BCUT2D eigenvalue weighted by Gasteiger charge is -2.35. The molecule has 0 unspecified atom stereocenters. The summed E-state index contributed by atoms with van der Waals surface area (Å²) in [5, 5.41) is 0. The standard InChI is InChI=1S/C17H27N3O2/c1-5-15-17(21)20(10-6-9-19(3)4)14-11-13(12(2)18)7-8-16(14)22-15/h7-8,11-12,15H,5-6,9-10,18H2,1-4H3/t12-,15+/m1/s1. The van der Waals surface area contributed by atoms with Crippen LogP contribution in [-0.4, -0.2) is 44.1 Å². The summed E-state index contributed by atoms with van der Waals surface area (Å²) >= 11 is 0. The van der Waals surface area contributed by atoms with Gasteiger partial charge >= 0.3 is 0 Å². The molecule has 1 aliphatic rings. The summed E-state index contributed by atoms with van der Waals surface area (Å²) in [6.07, 6.45) is 1.22. The number of carbonyl (C=O) groups excluding carboxylic acids is 1. The van der Waals surface area contributed by atoms with Crippen LogP contribution >= 0.6 is 0 Å². The Hall–Kier alpha value is -1.59. The molecule has 0 radical (unpaired) electrons. The van der Waals surface area contributed by atoms with Crippen molar-refractivity contribution >= 4 is 11.6 Å². The van der Waals surface area contributed by atoms with Crippen molar-refractivity contribution in [3.05, 3.63) is 23.8 Å². The topological polar surface area (TPSA) is 58.8 Å². The van der Waals surface area contributed by atoms with Gasteiger partial charge in [-0.15, -0.1) is 0 Å². The lowest BCUT2D eigenvalue weighted by molar-refractivity contribution is -0.126. The van der Waals surface area contributed by atoms with Gasteiger partial charge in [-0.1, -0.05) is 13.0 Å². The van der Waals surface area contributed by atoms with E-state index < -0.39 is 0 Å². The lowest BCUT2D eigenvalue weighted by Crippen LogP contribution is -2.46. The van der Waals surface area contributed by atoms with Crippen molar-refractivity contribution in [2.24, 2.45) is 5.73 Å². The number of anilines is 1. The van der Waals surface area contributed by atoms with Gasteiger partial charge in [0.2, 0.25) is 0 Å². The molecule has 5 nitrogen and oxygen atoms in total. The van der Waals surface area contributed by atoms with Gasteiger partial charge in [-0.3, -0.25) is 4.79 Å². The lowest BCUT2D eigenvalue weighted by atomic mass is 10.0. The highest BCUT2D eigenvalue weighted by Crippen LogP contribution is 2.36. The summed E-state index contributed by atoms with van der Waals surface area (Å²) in [6, 6.07) is 5.83. The second kappa shape index (κ2) is 7.11. The molecule has 0 bridgehead atoms. The first kappa shape index (κ1) is 16.8. The largest absolute Gasteiger partial charge is 0.478 e. The molecular weight excluding hydrogens is 278 g/mol. The average Bonchev–Trinajstić information content (AvgIpc) is 2.48. The quantitative estimate of drug-likeness (QED) is 0.875. The molecule has 122 valence electrons. The monoisotopic (exact) mass is 305 g/mol. The van der Waals surface area contributed by atoms with Crippen LogP contribution in [0.4, 0.5) is 5.69 Å². The van der Waals surface area contributed by atoms with Gasteiger partial charge in [-0.25, -0.2) is 0 Å². The van der Waals surface area contributed by atoms with Gasteiger partial charge in [0.15, 0.2) is 6.10 Å². The minimum Gasteiger partial charge on any atom is -0.478 e. The Bertz CT molecular complexity index is 529. The third-order valence-electron chi connectivity index (χ3n) is 3.97. The Morgan fingerprint density at radius 1 is 1.41 bits per heavy atom. The molecule has 1 heterocycles. The van der Waals surface area contributed by atoms with Crippen LogP contribution in [0.15, 0.2) is 18.2 Å². The highest BCUT2D eigenvalue weighted by molar-refractivity contribution is 6.00. The fourth-order valence-corrected chi connectivity index (χ4v) is 2.66. The second-order valence-corrected chi connectivity index (χ2v) is 6.18. The van der Waals surface area contributed by atoms with Gasteiger partial charge in [0.25, 0.3) is 5.91 Å². The van der Waals surface area contributed by atoms with Crippen LogP contribution in [0.2, 0.25) is 0 Å². The number of carbonyl (C=O) groups is 1. The number of nitrogens with zero attached hydrogens (tertiary/aromatic N) is 2. The van der Waals surface area contributed by atoms with Crippen molar-refractivity contribution in [3.63, 3.8) is 0 Å². The zero-order valence-corrected chi connectivity index (χ0v) is 14.0. The van der Waals surface area contributed by atoms with Gasteiger partial charge in [0.05, 0.1) is 5.69 Å². The van der Waals surface area contributed by atoms with E-state index in [2.05, 4.69) is 4.90 Å². The van der Waals surface area contributed by atoms with E-state index in [1.165, 1.54) is 0 Å². The minimum atomic E-state index is -0.381. The third-order valence-corrected chi connectivity index (χ3v) is 3.97. The first-order valence-corrected chi connectivity index (χ1v) is 7.96. The second-order valence-electron chi connectivity index (χ2n) is 6.18. The summed E-state index contributed by atoms with van der Waals surface area (Å²) in [5.74, 6) is 0.830. The maximum Gasteiger partial charge on any atom is 0.268 e. The molecule has 2 rings (SSSR count). The van der Waals surface area contributed by atoms with Crippen LogP contribution in [0.1, 0.15) is 38.3 Å². The van der Waals surface area contributed by atoms with Crippen molar-refractivity contribution in [1.82, 2.24) is 4.90 Å². The van der Waals surface area contributed by atoms with E-state index in [0.717, 1.165) is 30.0 Å². The molecule has 0 fully saturated rings. The van der Waals surface area contributed by atoms with Crippen LogP contribution in [0.5, 0.6) is 5.75 Å². The number of rotatable bonds is 6. The summed E-state index contributed by atoms with van der Waals surface area (Å²) in [4.78, 5) is 16.6. The molecule has 0 spiro atoms. The maximum atomic E-state index is 12.6. The molecule has 1 aliphatic heterocycles. The van der Waals surface area contributed by atoms with Crippen LogP contribution in [-0.2, 0) is 4.79 Å². The minimum absolute atomic E-state index is 0.0515. The van der Waals surface area contributed by atoms with Gasteiger partial charge < -0.3 is 20.3 Å². The van der Waals surface area contributed by atoms with E-state index in [9.17, 15) is 4.79 Å². The summed E-state index contributed by atoms with van der Waals surface area (Å²) in [6.45, 7) is 5.57. The molecule has 5 heteroatoms. The van der Waals surface area contributed by atoms with Gasteiger partial charge in [-0.05, 0) is 58.1 Å². The predicted molar refractivity (Wildman–Crippen MR) is 89.3 cm³/mol. The fourth-order valence-electron chi connectivity index (χ4n) is 2.66. The smallest absolute Gasteiger partial charge is 0.268 e. The number of amides is 1. The Morgan fingerprint density at radius 3 is 2.73 bits per heavy atom. The predicted octanol–water partition coefficient (Wildman–Crippen LogP) is 2.16. The summed E-state index contributed by atoms with van der Waals surface area (Å²) < 4.78 is 5.84. The van der Waals surface area contributed by atoms with Crippen LogP contribution in [0.25, 0.3) is 0 Å². The van der Waals surface area contributed by atoms with E-state index in [4.69, 9.17) is 10.5 Å². The van der Waals surface area contributed by atoms with Crippen molar-refractivity contribution in [1.29, 1.82) is 0 Å². The Labute approximate surface area is 133 Å². The molecule has 2 N–H and O–H groups in total. The first-order chi connectivity index (χ1) is 10.4. The SMILES string of the molecule is CC[C@@H]1Oc2ccc([C@@H](C)N)cc2N(CCCN(C)C)C1=O. The van der Waals surface area contributed by atoms with Gasteiger partial charge in [0, 0.05) is 12.6 Å². The Balaban J connectivity index is 2.29. The maximum absolute atomic E-state index is 12.6. The summed E-state index contributed by atoms with van der Waals surface area (Å²) in [5.41, 5.74) is 7.84. The Kier molecular flexibility index (Phi) is 5.42. The molecular formula is C17H27N3O2. The number of hydrogen-bond acceptors (Lipinski definition) is 4. The van der Waals surface area contributed by atoms with Crippen molar-refractivity contribution < 1.29 is 9.53 Å². The van der Waals surface area contributed by atoms with E-state index in [0.29, 0.717) is 13.0 Å². The molecule has 22 heavy (non-hydrogen) atoms. The normalized spacial score (nSPS) is 19.1. The van der Waals surface area contributed by atoms with Crippen molar-refractivity contribution in [3.8, 4) is 5.75 Å². The molecule has 2 atom stereocenters. The molecule has 1 aromatic carbocycles. The number of ether oxygens (including phenoxy) is 1. The summed E-state index contributed by atoms with van der Waals surface area (Å²) in [7, 11) is 4.08. The van der Waals surface area contributed by atoms with Crippen molar-refractivity contribution in [2.45, 2.75) is 38.8 Å². The molecule has 0 saturated carbocycles. The Morgan fingerprint density at radius 2 is 2.14 bits per heavy atom. The number of nitrogens with two attached hydrogens (primary N) is 1. The third kappa shape index (κ3) is 3.59. The molecule has 0 aliphatic carbocycles. The van der Waals surface area contributed by atoms with Gasteiger partial charge in [-0.2, -0.15) is 0 Å². The molecule has 0 aromatic heterocycles. The first-order valence-electron chi connectivity index (χ1n) is 7.96. The van der Waals surface area contributed by atoms with Crippen LogP contribution in [0, 0.1) is 0 Å². The molecule has 1 amide bonds. The van der Waals surface area contributed by atoms with Gasteiger partial charge in [0.1, 0.15) is 5.75 Å². The number of hydrogen-bond donors (Lipinski definition) is 1. The number of fused-ring (bicyclic) bond motifs is 1. The van der Waals surface area contributed by atoms with Crippen LogP contribution in [0.3, 0.4) is 0 Å². The van der Waals surface area contributed by atoms with E-state index in [1.54, 1.807) is 0 Å². The zero-order valence-electron chi connectivity index (χ0n) is 14.0. The zero-order chi connectivity index (χ0) is 16.3.